The molecule has 7 heteroatoms. The maximum Gasteiger partial charge on any atom is 0.415 e. The molecule has 0 unspecified atom stereocenters. The highest BCUT2D eigenvalue weighted by Gasteiger charge is 2.28. The molecule has 0 spiro atoms. The smallest absolute Gasteiger partial charge is 0.415 e. The van der Waals surface area contributed by atoms with Gasteiger partial charge in [-0.15, -0.1) is 0 Å². The normalized spacial score (nSPS) is 11.2. The van der Waals surface area contributed by atoms with Crippen LogP contribution in [0, 0.1) is 18.3 Å². The zero-order valence-electron chi connectivity index (χ0n) is 16.3. The molecule has 0 saturated carbocycles. The van der Waals surface area contributed by atoms with Crippen LogP contribution in [0.4, 0.5) is 19.3 Å². The maximum absolute atomic E-state index is 13.0. The van der Waals surface area contributed by atoms with Crippen LogP contribution in [0.15, 0.2) is 42.5 Å². The second-order valence-corrected chi connectivity index (χ2v) is 7.30. The Morgan fingerprint density at radius 2 is 1.93 bits per heavy atom. The molecule has 0 aliphatic carbocycles. The SMILES string of the molecule is C=C(C#N)CN(C(=O)OC(C)(C)C)c1c(OC(F)F)ccc2ccc(C)cc12. The lowest BCUT2D eigenvalue weighted by molar-refractivity contribution is -0.0495. The molecule has 0 radical (unpaired) electrons. The average Bonchev–Trinajstić information content (AvgIpc) is 2.57. The van der Waals surface area contributed by atoms with Crippen molar-refractivity contribution in [3.63, 3.8) is 0 Å². The van der Waals surface area contributed by atoms with Crippen molar-refractivity contribution in [3.8, 4) is 11.8 Å². The number of benzene rings is 2. The molecule has 0 atom stereocenters. The topological polar surface area (TPSA) is 62.6 Å². The molecule has 148 valence electrons. The van der Waals surface area contributed by atoms with Gasteiger partial charge < -0.3 is 9.47 Å². The summed E-state index contributed by atoms with van der Waals surface area (Å²) in [6, 6.07) is 10.3. The van der Waals surface area contributed by atoms with Crippen LogP contribution in [0.25, 0.3) is 10.8 Å². The molecule has 1 amide bonds. The fourth-order valence-electron chi connectivity index (χ4n) is 2.65. The van der Waals surface area contributed by atoms with E-state index in [0.29, 0.717) is 5.39 Å². The second-order valence-electron chi connectivity index (χ2n) is 7.30. The van der Waals surface area contributed by atoms with Gasteiger partial charge in [0, 0.05) is 11.0 Å². The first-order chi connectivity index (χ1) is 13.0. The average molecular weight is 388 g/mol. The van der Waals surface area contributed by atoms with Gasteiger partial charge in [0.25, 0.3) is 0 Å². The molecule has 0 aliphatic rings. The van der Waals surface area contributed by atoms with E-state index in [9.17, 15) is 13.6 Å². The first-order valence-corrected chi connectivity index (χ1v) is 8.58. The van der Waals surface area contributed by atoms with Crippen LogP contribution >= 0.6 is 0 Å². The molecule has 28 heavy (non-hydrogen) atoms. The number of alkyl halides is 2. The summed E-state index contributed by atoms with van der Waals surface area (Å²) in [6.07, 6.45) is -0.794. The molecule has 0 heterocycles. The fraction of sp³-hybridized carbons (Fsp3) is 0.333. The van der Waals surface area contributed by atoms with Crippen LogP contribution in [0.5, 0.6) is 5.75 Å². The summed E-state index contributed by atoms with van der Waals surface area (Å²) in [5.41, 5.74) is 0.213. The number of nitriles is 1. The Labute approximate surface area is 162 Å². The van der Waals surface area contributed by atoms with Gasteiger partial charge in [-0.25, -0.2) is 4.79 Å². The van der Waals surface area contributed by atoms with Crippen LogP contribution < -0.4 is 9.64 Å². The van der Waals surface area contributed by atoms with E-state index in [2.05, 4.69) is 11.3 Å². The third-order valence-corrected chi connectivity index (χ3v) is 3.72. The molecule has 0 aliphatic heterocycles. The van der Waals surface area contributed by atoms with Gasteiger partial charge in [0.05, 0.1) is 18.3 Å². The van der Waals surface area contributed by atoms with E-state index in [1.807, 2.05) is 25.1 Å². The van der Waals surface area contributed by atoms with E-state index in [-0.39, 0.29) is 23.6 Å². The predicted octanol–water partition coefficient (Wildman–Crippen LogP) is 5.57. The summed E-state index contributed by atoms with van der Waals surface area (Å²) in [5, 5.41) is 10.4. The Morgan fingerprint density at radius 1 is 1.29 bits per heavy atom. The summed E-state index contributed by atoms with van der Waals surface area (Å²) in [4.78, 5) is 14.0. The van der Waals surface area contributed by atoms with Gasteiger partial charge in [-0.2, -0.15) is 14.0 Å². The van der Waals surface area contributed by atoms with Crippen LogP contribution in [-0.4, -0.2) is 24.9 Å². The lowest BCUT2D eigenvalue weighted by Crippen LogP contribution is -2.38. The van der Waals surface area contributed by atoms with Crippen LogP contribution in [0.2, 0.25) is 0 Å². The third-order valence-electron chi connectivity index (χ3n) is 3.72. The lowest BCUT2D eigenvalue weighted by Gasteiger charge is -2.29. The number of carbonyl (C=O) groups is 1. The van der Waals surface area contributed by atoms with Crippen molar-refractivity contribution in [2.24, 2.45) is 0 Å². The number of fused-ring (bicyclic) bond motifs is 1. The Hall–Kier alpha value is -3.14. The lowest BCUT2D eigenvalue weighted by atomic mass is 10.0. The predicted molar refractivity (Wildman–Crippen MR) is 104 cm³/mol. The van der Waals surface area contributed by atoms with Gasteiger partial charge in [0.1, 0.15) is 5.60 Å². The number of hydrogen-bond acceptors (Lipinski definition) is 4. The fourth-order valence-corrected chi connectivity index (χ4v) is 2.65. The van der Waals surface area contributed by atoms with Crippen LogP contribution in [-0.2, 0) is 4.74 Å². The highest BCUT2D eigenvalue weighted by atomic mass is 19.3. The molecule has 2 aromatic carbocycles. The van der Waals surface area contributed by atoms with Crippen molar-refractivity contribution in [1.29, 1.82) is 5.26 Å². The largest absolute Gasteiger partial charge is 0.443 e. The molecule has 0 saturated heterocycles. The van der Waals surface area contributed by atoms with Crippen molar-refractivity contribution in [2.75, 3.05) is 11.4 Å². The highest BCUT2D eigenvalue weighted by molar-refractivity contribution is 6.05. The van der Waals surface area contributed by atoms with Crippen molar-refractivity contribution in [1.82, 2.24) is 0 Å². The first-order valence-electron chi connectivity index (χ1n) is 8.58. The summed E-state index contributed by atoms with van der Waals surface area (Å²) in [5.74, 6) is -0.190. The van der Waals surface area contributed by atoms with E-state index >= 15 is 0 Å². The monoisotopic (exact) mass is 388 g/mol. The number of carbonyl (C=O) groups excluding carboxylic acids is 1. The van der Waals surface area contributed by atoms with Crippen LogP contribution in [0.3, 0.4) is 0 Å². The summed E-state index contributed by atoms with van der Waals surface area (Å²) in [6.45, 7) is 7.20. The summed E-state index contributed by atoms with van der Waals surface area (Å²) < 4.78 is 36.1. The van der Waals surface area contributed by atoms with Gasteiger partial charge in [-0.3, -0.25) is 4.90 Å². The molecule has 0 bridgehead atoms. The molecule has 0 aromatic heterocycles. The molecular weight excluding hydrogens is 366 g/mol. The molecule has 0 N–H and O–H groups in total. The first kappa shape index (κ1) is 21.2. The Bertz CT molecular complexity index is 943. The van der Waals surface area contributed by atoms with Crippen molar-refractivity contribution in [3.05, 3.63) is 48.0 Å². The van der Waals surface area contributed by atoms with Gasteiger partial charge in [0.2, 0.25) is 0 Å². The standard InChI is InChI=1S/C21H22F2N2O3/c1-13-6-7-15-8-9-17(27-19(22)23)18(16(15)10-13)25(12-14(2)11-24)20(26)28-21(3,4)5/h6-10,19H,2,12H2,1,3-5H3. The number of halogens is 2. The minimum atomic E-state index is -3.08. The second kappa shape index (κ2) is 8.26. The maximum atomic E-state index is 13.0. The summed E-state index contributed by atoms with van der Waals surface area (Å²) >= 11 is 0. The number of anilines is 1. The Morgan fingerprint density at radius 3 is 2.50 bits per heavy atom. The van der Waals surface area contributed by atoms with Crippen molar-refractivity contribution in [2.45, 2.75) is 39.9 Å². The van der Waals surface area contributed by atoms with Crippen molar-refractivity contribution >= 4 is 22.6 Å². The van der Waals surface area contributed by atoms with E-state index in [1.165, 1.54) is 6.07 Å². The molecular formula is C21H22F2N2O3. The quantitative estimate of drug-likeness (QED) is 0.628. The zero-order valence-corrected chi connectivity index (χ0v) is 16.3. The number of nitrogens with zero attached hydrogens (tertiary/aromatic N) is 2. The van der Waals surface area contributed by atoms with Gasteiger partial charge in [-0.1, -0.05) is 30.3 Å². The number of rotatable bonds is 5. The van der Waals surface area contributed by atoms with Gasteiger partial charge >= 0.3 is 12.7 Å². The number of amides is 1. The number of aryl methyl sites for hydroxylation is 1. The van der Waals surface area contributed by atoms with E-state index in [4.69, 9.17) is 10.00 Å². The van der Waals surface area contributed by atoms with E-state index < -0.39 is 18.3 Å². The number of ether oxygens (including phenoxy) is 2. The minimum Gasteiger partial charge on any atom is -0.443 e. The zero-order chi connectivity index (χ0) is 21.1. The number of hydrogen-bond donors (Lipinski definition) is 0. The van der Waals surface area contributed by atoms with Crippen LogP contribution in [0.1, 0.15) is 26.3 Å². The van der Waals surface area contributed by atoms with E-state index in [1.54, 1.807) is 32.9 Å². The Kier molecular flexibility index (Phi) is 6.24. The molecule has 2 aromatic rings. The molecule has 2 rings (SSSR count). The third kappa shape index (κ3) is 5.19. The van der Waals surface area contributed by atoms with Crippen molar-refractivity contribution < 1.29 is 23.0 Å². The summed E-state index contributed by atoms with van der Waals surface area (Å²) in [7, 11) is 0. The van der Waals surface area contributed by atoms with Gasteiger partial charge in [0.15, 0.2) is 5.75 Å². The highest BCUT2D eigenvalue weighted by Crippen LogP contribution is 2.39. The minimum absolute atomic E-state index is 0.0681. The Balaban J connectivity index is 2.73. The molecule has 0 fully saturated rings. The van der Waals surface area contributed by atoms with Gasteiger partial charge in [-0.05, 0) is 45.2 Å². The molecule has 5 nitrogen and oxygen atoms in total. The van der Waals surface area contributed by atoms with E-state index in [0.717, 1.165) is 15.8 Å².